The molecule has 1 aliphatic rings. The lowest BCUT2D eigenvalue weighted by atomic mass is 10.0. The molecule has 184 valence electrons. The molecule has 0 aliphatic carbocycles. The van der Waals surface area contributed by atoms with Crippen molar-refractivity contribution in [1.82, 2.24) is 10.2 Å². The van der Waals surface area contributed by atoms with Crippen LogP contribution in [0.25, 0.3) is 0 Å². The molecule has 2 aromatic carbocycles. The number of alkyl carbamates (subject to hydrolysis) is 1. The number of benzene rings is 2. The van der Waals surface area contributed by atoms with E-state index < -0.39 is 29.9 Å². The SMILES string of the molecule is CC(C)(C)OC(=O)[C@@H]1CCCN1C[C@@H](O)[C@H](Cc1ccccc1)NC(=O)OCc1ccccc1. The van der Waals surface area contributed by atoms with Crippen molar-refractivity contribution in [1.29, 1.82) is 0 Å². The predicted octanol–water partition coefficient (Wildman–Crippen LogP) is 3.69. The number of rotatable bonds is 9. The van der Waals surface area contributed by atoms with E-state index in [1.54, 1.807) is 0 Å². The van der Waals surface area contributed by atoms with E-state index in [0.29, 0.717) is 19.4 Å². The van der Waals surface area contributed by atoms with Crippen LogP contribution in [-0.4, -0.2) is 58.9 Å². The monoisotopic (exact) mass is 468 g/mol. The fraction of sp³-hybridized carbons (Fsp3) is 0.481. The molecule has 3 rings (SSSR count). The van der Waals surface area contributed by atoms with Gasteiger partial charge in [0, 0.05) is 6.54 Å². The average Bonchev–Trinajstić information content (AvgIpc) is 3.26. The number of β-amino-alcohol motifs (C(OH)–C–C–N with tert-alkyl or cyclic N) is 1. The molecule has 0 saturated carbocycles. The van der Waals surface area contributed by atoms with Crippen molar-refractivity contribution < 1.29 is 24.2 Å². The summed E-state index contributed by atoms with van der Waals surface area (Å²) in [7, 11) is 0. The van der Waals surface area contributed by atoms with Crippen molar-refractivity contribution in [2.75, 3.05) is 13.1 Å². The third-order valence-electron chi connectivity index (χ3n) is 5.74. The Balaban J connectivity index is 1.64. The highest BCUT2D eigenvalue weighted by atomic mass is 16.6. The maximum absolute atomic E-state index is 12.7. The van der Waals surface area contributed by atoms with Crippen LogP contribution in [0.1, 0.15) is 44.7 Å². The highest BCUT2D eigenvalue weighted by Crippen LogP contribution is 2.22. The fourth-order valence-corrected chi connectivity index (χ4v) is 4.12. The van der Waals surface area contributed by atoms with Crippen LogP contribution in [0.2, 0.25) is 0 Å². The second kappa shape index (κ2) is 12.0. The van der Waals surface area contributed by atoms with Gasteiger partial charge in [-0.15, -0.1) is 0 Å². The van der Waals surface area contributed by atoms with E-state index in [2.05, 4.69) is 5.32 Å². The second-order valence-electron chi connectivity index (χ2n) is 9.76. The van der Waals surface area contributed by atoms with E-state index in [4.69, 9.17) is 9.47 Å². The van der Waals surface area contributed by atoms with E-state index >= 15 is 0 Å². The summed E-state index contributed by atoms with van der Waals surface area (Å²) in [6, 6.07) is 18.1. The number of nitrogens with one attached hydrogen (secondary N) is 1. The Morgan fingerprint density at radius 3 is 2.29 bits per heavy atom. The van der Waals surface area contributed by atoms with Crippen LogP contribution in [0.5, 0.6) is 0 Å². The minimum Gasteiger partial charge on any atom is -0.459 e. The van der Waals surface area contributed by atoms with Gasteiger partial charge in [0.2, 0.25) is 0 Å². The maximum Gasteiger partial charge on any atom is 0.407 e. The standard InChI is InChI=1S/C27H36N2O5/c1-27(2,3)34-25(31)23-15-10-16-29(23)18-24(30)22(17-20-11-6-4-7-12-20)28-26(32)33-19-21-13-8-5-9-14-21/h4-9,11-14,22-24,30H,10,15-19H2,1-3H3,(H,28,32)/t22-,23-,24+/m0/s1. The smallest absolute Gasteiger partial charge is 0.407 e. The van der Waals surface area contributed by atoms with E-state index in [0.717, 1.165) is 17.5 Å². The molecule has 0 spiro atoms. The van der Waals surface area contributed by atoms with Gasteiger partial charge in [0.25, 0.3) is 0 Å². The first-order valence-corrected chi connectivity index (χ1v) is 11.9. The van der Waals surface area contributed by atoms with Gasteiger partial charge in [-0.3, -0.25) is 9.69 Å². The number of aliphatic hydroxyl groups is 1. The molecule has 3 atom stereocenters. The van der Waals surface area contributed by atoms with Crippen LogP contribution in [0, 0.1) is 0 Å². The molecule has 1 fully saturated rings. The summed E-state index contributed by atoms with van der Waals surface area (Å²) in [5.41, 5.74) is 1.30. The molecule has 34 heavy (non-hydrogen) atoms. The van der Waals surface area contributed by atoms with Crippen LogP contribution < -0.4 is 5.32 Å². The topological polar surface area (TPSA) is 88.1 Å². The molecule has 1 heterocycles. The van der Waals surface area contributed by atoms with Crippen LogP contribution in [0.3, 0.4) is 0 Å². The Morgan fingerprint density at radius 2 is 1.68 bits per heavy atom. The molecule has 1 amide bonds. The van der Waals surface area contributed by atoms with Gasteiger partial charge in [0.15, 0.2) is 0 Å². The quantitative estimate of drug-likeness (QED) is 0.546. The van der Waals surface area contributed by atoms with Crippen molar-refractivity contribution in [2.45, 2.75) is 70.4 Å². The van der Waals surface area contributed by atoms with Crippen LogP contribution in [0.15, 0.2) is 60.7 Å². The van der Waals surface area contributed by atoms with Crippen molar-refractivity contribution in [3.8, 4) is 0 Å². The summed E-state index contributed by atoms with van der Waals surface area (Å²) in [6.07, 6.45) is 0.499. The summed E-state index contributed by atoms with van der Waals surface area (Å²) in [4.78, 5) is 27.2. The van der Waals surface area contributed by atoms with E-state index in [1.807, 2.05) is 86.3 Å². The maximum atomic E-state index is 12.7. The molecular formula is C27H36N2O5. The predicted molar refractivity (Wildman–Crippen MR) is 130 cm³/mol. The number of amides is 1. The number of carbonyl (C=O) groups excluding carboxylic acids is 2. The Hall–Kier alpha value is -2.90. The zero-order valence-corrected chi connectivity index (χ0v) is 20.3. The summed E-state index contributed by atoms with van der Waals surface area (Å²) in [6.45, 7) is 6.63. The van der Waals surface area contributed by atoms with Crippen molar-refractivity contribution in [3.63, 3.8) is 0 Å². The van der Waals surface area contributed by atoms with Gasteiger partial charge < -0.3 is 19.9 Å². The Morgan fingerprint density at radius 1 is 1.06 bits per heavy atom. The van der Waals surface area contributed by atoms with Crippen molar-refractivity contribution in [3.05, 3.63) is 71.8 Å². The number of likely N-dealkylation sites (tertiary alicyclic amines) is 1. The molecule has 0 radical (unpaired) electrons. The minimum absolute atomic E-state index is 0.146. The zero-order valence-electron chi connectivity index (χ0n) is 20.3. The summed E-state index contributed by atoms with van der Waals surface area (Å²) >= 11 is 0. The van der Waals surface area contributed by atoms with Crippen LogP contribution >= 0.6 is 0 Å². The Bertz CT molecular complexity index is 914. The van der Waals surface area contributed by atoms with E-state index in [1.165, 1.54) is 0 Å². The minimum atomic E-state index is -0.896. The van der Waals surface area contributed by atoms with Crippen LogP contribution in [0.4, 0.5) is 4.79 Å². The first kappa shape index (κ1) is 25.7. The first-order chi connectivity index (χ1) is 16.2. The lowest BCUT2D eigenvalue weighted by Gasteiger charge is -2.31. The average molecular weight is 469 g/mol. The molecule has 0 unspecified atom stereocenters. The molecule has 7 nitrogen and oxygen atoms in total. The van der Waals surface area contributed by atoms with Gasteiger partial charge >= 0.3 is 12.1 Å². The highest BCUT2D eigenvalue weighted by molar-refractivity contribution is 5.76. The number of carbonyl (C=O) groups is 2. The molecule has 1 saturated heterocycles. The summed E-state index contributed by atoms with van der Waals surface area (Å²) in [5.74, 6) is -0.271. The largest absolute Gasteiger partial charge is 0.459 e. The zero-order chi connectivity index (χ0) is 24.6. The number of hydrogen-bond donors (Lipinski definition) is 2. The first-order valence-electron chi connectivity index (χ1n) is 11.9. The fourth-order valence-electron chi connectivity index (χ4n) is 4.12. The molecular weight excluding hydrogens is 432 g/mol. The van der Waals surface area contributed by atoms with Crippen LogP contribution in [-0.2, 0) is 27.3 Å². The van der Waals surface area contributed by atoms with Gasteiger partial charge in [0.1, 0.15) is 18.2 Å². The van der Waals surface area contributed by atoms with Crippen molar-refractivity contribution in [2.24, 2.45) is 0 Å². The highest BCUT2D eigenvalue weighted by Gasteiger charge is 2.36. The molecule has 2 aromatic rings. The van der Waals surface area contributed by atoms with Gasteiger partial charge in [-0.25, -0.2) is 4.79 Å². The molecule has 2 N–H and O–H groups in total. The van der Waals surface area contributed by atoms with E-state index in [-0.39, 0.29) is 19.1 Å². The number of nitrogens with zero attached hydrogens (tertiary/aromatic N) is 1. The third kappa shape index (κ3) is 8.15. The van der Waals surface area contributed by atoms with Gasteiger partial charge in [0.05, 0.1) is 12.1 Å². The van der Waals surface area contributed by atoms with Crippen molar-refractivity contribution >= 4 is 12.1 Å². The van der Waals surface area contributed by atoms with E-state index in [9.17, 15) is 14.7 Å². The summed E-state index contributed by atoms with van der Waals surface area (Å²) < 4.78 is 11.0. The second-order valence-corrected chi connectivity index (χ2v) is 9.76. The summed E-state index contributed by atoms with van der Waals surface area (Å²) in [5, 5.41) is 14.0. The number of ether oxygens (including phenoxy) is 2. The Labute approximate surface area is 202 Å². The van der Waals surface area contributed by atoms with Gasteiger partial charge in [-0.1, -0.05) is 60.7 Å². The van der Waals surface area contributed by atoms with Gasteiger partial charge in [-0.2, -0.15) is 0 Å². The van der Waals surface area contributed by atoms with Gasteiger partial charge in [-0.05, 0) is 57.7 Å². The normalized spacial score (nSPS) is 18.2. The number of hydrogen-bond acceptors (Lipinski definition) is 6. The lowest BCUT2D eigenvalue weighted by molar-refractivity contribution is -0.160. The molecule has 0 bridgehead atoms. The number of esters is 1. The third-order valence-corrected chi connectivity index (χ3v) is 5.74. The molecule has 0 aromatic heterocycles. The number of aliphatic hydroxyl groups excluding tert-OH is 1. The lowest BCUT2D eigenvalue weighted by Crippen LogP contribution is -2.51. The molecule has 7 heteroatoms. The Kier molecular flexibility index (Phi) is 9.07. The molecule has 1 aliphatic heterocycles.